The summed E-state index contributed by atoms with van der Waals surface area (Å²) < 4.78 is 0. The Kier molecular flexibility index (Phi) is 4.70. The molecule has 0 aromatic rings. The van der Waals surface area contributed by atoms with Crippen molar-refractivity contribution in [3.8, 4) is 0 Å². The molecule has 0 spiro atoms. The minimum absolute atomic E-state index is 0.128. The molecule has 1 rings (SSSR count). The number of nitrogens with zero attached hydrogens (tertiary/aromatic N) is 1. The molecule has 1 aliphatic heterocycles. The molecule has 0 saturated carbocycles. The molecule has 0 bridgehead atoms. The average Bonchev–Trinajstić information content (AvgIpc) is 2.15. The zero-order chi connectivity index (χ0) is 9.68. The number of aliphatic hydroxyl groups excluding tert-OH is 1. The third-order valence-electron chi connectivity index (χ3n) is 2.99. The number of nitrogens with two attached hydrogens (primary N) is 1. The highest BCUT2D eigenvalue weighted by Gasteiger charge is 2.21. The lowest BCUT2D eigenvalue weighted by Crippen LogP contribution is -2.37. The fourth-order valence-electron chi connectivity index (χ4n) is 1.97. The van der Waals surface area contributed by atoms with Crippen molar-refractivity contribution in [3.05, 3.63) is 0 Å². The Bertz CT molecular complexity index is 131. The van der Waals surface area contributed by atoms with Crippen LogP contribution in [0.4, 0.5) is 0 Å². The SMILES string of the molecule is C[C@H](O)C1CCN(CCCN)CC1. The summed E-state index contributed by atoms with van der Waals surface area (Å²) in [6.07, 6.45) is 3.25. The van der Waals surface area contributed by atoms with E-state index in [4.69, 9.17) is 5.73 Å². The second-order valence-corrected chi connectivity index (χ2v) is 4.06. The number of rotatable bonds is 4. The van der Waals surface area contributed by atoms with Crippen LogP contribution in [0.5, 0.6) is 0 Å². The normalized spacial score (nSPS) is 23.3. The number of hydrogen-bond acceptors (Lipinski definition) is 3. The van der Waals surface area contributed by atoms with Crippen molar-refractivity contribution in [1.29, 1.82) is 0 Å². The number of piperidine rings is 1. The van der Waals surface area contributed by atoms with Crippen LogP contribution in [0.3, 0.4) is 0 Å². The van der Waals surface area contributed by atoms with Crippen molar-refractivity contribution >= 4 is 0 Å². The number of hydrogen-bond donors (Lipinski definition) is 2. The summed E-state index contributed by atoms with van der Waals surface area (Å²) in [5.74, 6) is 0.522. The molecule has 0 aromatic heterocycles. The Morgan fingerprint density at radius 1 is 1.46 bits per heavy atom. The molecule has 3 heteroatoms. The van der Waals surface area contributed by atoms with Gasteiger partial charge in [0.2, 0.25) is 0 Å². The summed E-state index contributed by atoms with van der Waals surface area (Å²) in [4.78, 5) is 2.45. The van der Waals surface area contributed by atoms with Crippen molar-refractivity contribution in [1.82, 2.24) is 4.90 Å². The van der Waals surface area contributed by atoms with Crippen LogP contribution >= 0.6 is 0 Å². The van der Waals surface area contributed by atoms with Crippen LogP contribution in [-0.2, 0) is 0 Å². The molecule has 1 aliphatic rings. The van der Waals surface area contributed by atoms with Crippen LogP contribution in [0.1, 0.15) is 26.2 Å². The third kappa shape index (κ3) is 3.63. The molecule has 0 amide bonds. The first-order chi connectivity index (χ1) is 6.24. The van der Waals surface area contributed by atoms with Crippen molar-refractivity contribution in [3.63, 3.8) is 0 Å². The predicted molar refractivity (Wildman–Crippen MR) is 54.5 cm³/mol. The van der Waals surface area contributed by atoms with E-state index in [0.29, 0.717) is 5.92 Å². The van der Waals surface area contributed by atoms with Gasteiger partial charge >= 0.3 is 0 Å². The van der Waals surface area contributed by atoms with E-state index in [9.17, 15) is 5.11 Å². The van der Waals surface area contributed by atoms with Gasteiger partial charge in [-0.2, -0.15) is 0 Å². The summed E-state index contributed by atoms with van der Waals surface area (Å²) in [7, 11) is 0. The minimum atomic E-state index is -0.128. The Hall–Kier alpha value is -0.120. The molecule has 13 heavy (non-hydrogen) atoms. The van der Waals surface area contributed by atoms with E-state index < -0.39 is 0 Å². The van der Waals surface area contributed by atoms with Crippen molar-refractivity contribution in [2.45, 2.75) is 32.3 Å². The Labute approximate surface area is 80.9 Å². The first-order valence-electron chi connectivity index (χ1n) is 5.34. The third-order valence-corrected chi connectivity index (χ3v) is 2.99. The van der Waals surface area contributed by atoms with Crippen LogP contribution in [-0.4, -0.2) is 42.3 Å². The largest absolute Gasteiger partial charge is 0.393 e. The molecule has 1 fully saturated rings. The van der Waals surface area contributed by atoms with Gasteiger partial charge in [-0.1, -0.05) is 0 Å². The predicted octanol–water partition coefficient (Wildman–Crippen LogP) is 0.428. The Balaban J connectivity index is 2.15. The summed E-state index contributed by atoms with van der Waals surface area (Å²) in [5.41, 5.74) is 5.45. The molecule has 1 heterocycles. The van der Waals surface area contributed by atoms with Crippen LogP contribution in [0, 0.1) is 5.92 Å². The van der Waals surface area contributed by atoms with Gasteiger partial charge in [0, 0.05) is 0 Å². The van der Waals surface area contributed by atoms with Gasteiger partial charge < -0.3 is 15.7 Å². The molecular formula is C10H22N2O. The van der Waals surface area contributed by atoms with Gasteiger partial charge in [-0.05, 0) is 58.3 Å². The first kappa shape index (κ1) is 11.0. The fourth-order valence-corrected chi connectivity index (χ4v) is 1.97. The zero-order valence-corrected chi connectivity index (χ0v) is 8.58. The monoisotopic (exact) mass is 186 g/mol. The second kappa shape index (κ2) is 5.58. The van der Waals surface area contributed by atoms with Crippen molar-refractivity contribution < 1.29 is 5.11 Å². The summed E-state index contributed by atoms with van der Waals surface area (Å²) in [6, 6.07) is 0. The molecule has 0 radical (unpaired) electrons. The summed E-state index contributed by atoms with van der Waals surface area (Å²) in [5, 5.41) is 9.40. The Morgan fingerprint density at radius 2 is 2.08 bits per heavy atom. The van der Waals surface area contributed by atoms with Gasteiger partial charge in [0.25, 0.3) is 0 Å². The van der Waals surface area contributed by atoms with Crippen LogP contribution in [0.25, 0.3) is 0 Å². The number of aliphatic hydroxyl groups is 1. The fraction of sp³-hybridized carbons (Fsp3) is 1.00. The van der Waals surface area contributed by atoms with Gasteiger partial charge in [0.1, 0.15) is 0 Å². The van der Waals surface area contributed by atoms with E-state index in [1.54, 1.807) is 0 Å². The maximum Gasteiger partial charge on any atom is 0.0541 e. The number of likely N-dealkylation sites (tertiary alicyclic amines) is 1. The van der Waals surface area contributed by atoms with E-state index in [0.717, 1.165) is 45.4 Å². The topological polar surface area (TPSA) is 49.5 Å². The van der Waals surface area contributed by atoms with Gasteiger partial charge in [-0.25, -0.2) is 0 Å². The molecule has 1 atom stereocenters. The van der Waals surface area contributed by atoms with Gasteiger partial charge in [0.15, 0.2) is 0 Å². The highest BCUT2D eigenvalue weighted by atomic mass is 16.3. The van der Waals surface area contributed by atoms with Crippen LogP contribution in [0.15, 0.2) is 0 Å². The first-order valence-corrected chi connectivity index (χ1v) is 5.34. The van der Waals surface area contributed by atoms with Crippen molar-refractivity contribution in [2.75, 3.05) is 26.2 Å². The van der Waals surface area contributed by atoms with Gasteiger partial charge in [-0.15, -0.1) is 0 Å². The van der Waals surface area contributed by atoms with E-state index in [1.807, 2.05) is 6.92 Å². The van der Waals surface area contributed by atoms with Crippen LogP contribution in [0.2, 0.25) is 0 Å². The summed E-state index contributed by atoms with van der Waals surface area (Å²) in [6.45, 7) is 6.09. The lowest BCUT2D eigenvalue weighted by Gasteiger charge is -2.33. The highest BCUT2D eigenvalue weighted by molar-refractivity contribution is 4.75. The standard InChI is InChI=1S/C10H22N2O/c1-9(13)10-3-7-12(8-4-10)6-2-5-11/h9-10,13H,2-8,11H2,1H3/t9-/m0/s1. The molecule has 0 unspecified atom stereocenters. The molecule has 0 aromatic carbocycles. The molecule has 78 valence electrons. The van der Waals surface area contributed by atoms with Gasteiger partial charge in [0.05, 0.1) is 6.10 Å². The lowest BCUT2D eigenvalue weighted by molar-refractivity contribution is 0.0718. The van der Waals surface area contributed by atoms with Gasteiger partial charge in [-0.3, -0.25) is 0 Å². The maximum absolute atomic E-state index is 9.40. The van der Waals surface area contributed by atoms with E-state index in [-0.39, 0.29) is 6.10 Å². The minimum Gasteiger partial charge on any atom is -0.393 e. The van der Waals surface area contributed by atoms with Crippen molar-refractivity contribution in [2.24, 2.45) is 11.7 Å². The molecular weight excluding hydrogens is 164 g/mol. The van der Waals surface area contributed by atoms with E-state index in [2.05, 4.69) is 4.90 Å². The zero-order valence-electron chi connectivity index (χ0n) is 8.58. The lowest BCUT2D eigenvalue weighted by atomic mass is 9.92. The molecule has 0 aliphatic carbocycles. The maximum atomic E-state index is 9.40. The molecule has 3 N–H and O–H groups in total. The van der Waals surface area contributed by atoms with Crippen LogP contribution < -0.4 is 5.73 Å². The summed E-state index contributed by atoms with van der Waals surface area (Å²) >= 11 is 0. The second-order valence-electron chi connectivity index (χ2n) is 4.06. The van der Waals surface area contributed by atoms with E-state index >= 15 is 0 Å². The highest BCUT2D eigenvalue weighted by Crippen LogP contribution is 2.20. The average molecular weight is 186 g/mol. The molecule has 3 nitrogen and oxygen atoms in total. The molecule has 1 saturated heterocycles. The Morgan fingerprint density at radius 3 is 2.54 bits per heavy atom. The van der Waals surface area contributed by atoms with E-state index in [1.165, 1.54) is 0 Å². The smallest absolute Gasteiger partial charge is 0.0541 e. The quantitative estimate of drug-likeness (QED) is 0.669.